The highest BCUT2D eigenvalue weighted by Gasteiger charge is 2.37. The van der Waals surface area contributed by atoms with E-state index in [1.54, 1.807) is 0 Å². The van der Waals surface area contributed by atoms with Gasteiger partial charge in [0.1, 0.15) is 13.2 Å². The van der Waals surface area contributed by atoms with E-state index in [-0.39, 0.29) is 26.4 Å². The minimum Gasteiger partial charge on any atom is -0.449 e. The number of hydrogen-bond donors (Lipinski definition) is 6. The lowest BCUT2D eigenvalue weighted by atomic mass is 9.92. The highest BCUT2D eigenvalue weighted by Crippen LogP contribution is 2.22. The fraction of sp³-hybridized carbons (Fsp3) is 0.905. The molecule has 2 atom stereocenters. The van der Waals surface area contributed by atoms with E-state index in [2.05, 4.69) is 21.3 Å². The van der Waals surface area contributed by atoms with Crippen LogP contribution in [0.25, 0.3) is 0 Å². The van der Waals surface area contributed by atoms with Crippen LogP contribution < -0.4 is 21.3 Å². The average molecular weight is 481 g/mol. The Balaban J connectivity index is 5.37. The molecule has 0 aromatic heterocycles. The van der Waals surface area contributed by atoms with E-state index in [1.807, 2.05) is 27.7 Å². The Morgan fingerprint density at radius 2 is 1.03 bits per heavy atom. The molecular weight excluding hydrogens is 436 g/mol. The number of ether oxygens (including phenoxy) is 4. The molecule has 0 aromatic rings. The van der Waals surface area contributed by atoms with Crippen molar-refractivity contribution in [2.24, 2.45) is 5.41 Å². The zero-order valence-corrected chi connectivity index (χ0v) is 20.5. The zero-order chi connectivity index (χ0) is 25.0. The van der Waals surface area contributed by atoms with Gasteiger partial charge in [0.2, 0.25) is 12.8 Å². The van der Waals surface area contributed by atoms with Gasteiger partial charge in [-0.3, -0.25) is 10.6 Å². The lowest BCUT2D eigenvalue weighted by Crippen LogP contribution is -2.48. The summed E-state index contributed by atoms with van der Waals surface area (Å²) in [5, 5.41) is 30.8. The third kappa shape index (κ3) is 16.5. The van der Waals surface area contributed by atoms with E-state index in [1.165, 1.54) is 0 Å². The van der Waals surface area contributed by atoms with Gasteiger partial charge in [0.15, 0.2) is 0 Å². The summed E-state index contributed by atoms with van der Waals surface area (Å²) in [5.41, 5.74) is -1.20. The topological polar surface area (TPSA) is 160 Å². The fourth-order valence-corrected chi connectivity index (χ4v) is 2.41. The summed E-state index contributed by atoms with van der Waals surface area (Å²) in [7, 11) is 0. The highest BCUT2D eigenvalue weighted by molar-refractivity contribution is 5.67. The lowest BCUT2D eigenvalue weighted by molar-refractivity contribution is -0.194. The van der Waals surface area contributed by atoms with E-state index >= 15 is 0 Å². The second-order valence-corrected chi connectivity index (χ2v) is 7.74. The number of aliphatic hydroxyl groups is 2. The van der Waals surface area contributed by atoms with Gasteiger partial charge in [-0.1, -0.05) is 27.7 Å². The molecule has 0 spiro atoms. The summed E-state index contributed by atoms with van der Waals surface area (Å²) in [5.74, 6) is 0. The summed E-state index contributed by atoms with van der Waals surface area (Å²) >= 11 is 0. The van der Waals surface area contributed by atoms with Crippen LogP contribution in [0.4, 0.5) is 9.59 Å². The molecule has 2 amide bonds. The smallest absolute Gasteiger partial charge is 0.407 e. The number of carbonyl (C=O) groups is 2. The maximum absolute atomic E-state index is 12.0. The Labute approximate surface area is 197 Å². The molecule has 0 heterocycles. The molecule has 33 heavy (non-hydrogen) atoms. The molecular formula is C21H44N4O8. The molecule has 12 nitrogen and oxygen atoms in total. The van der Waals surface area contributed by atoms with Crippen LogP contribution in [0.5, 0.6) is 0 Å². The van der Waals surface area contributed by atoms with Crippen LogP contribution in [0.15, 0.2) is 0 Å². The van der Waals surface area contributed by atoms with Crippen LogP contribution >= 0.6 is 0 Å². The Bertz CT molecular complexity index is 469. The van der Waals surface area contributed by atoms with Crippen LogP contribution in [0, 0.1) is 5.41 Å². The van der Waals surface area contributed by atoms with E-state index in [9.17, 15) is 19.8 Å². The molecule has 0 aliphatic heterocycles. The second-order valence-electron chi connectivity index (χ2n) is 7.74. The Kier molecular flexibility index (Phi) is 18.7. The van der Waals surface area contributed by atoms with Crippen molar-refractivity contribution in [3.63, 3.8) is 0 Å². The van der Waals surface area contributed by atoms with Gasteiger partial charge >= 0.3 is 12.2 Å². The minimum atomic E-state index is -1.28. The fourth-order valence-electron chi connectivity index (χ4n) is 2.41. The SMILES string of the molecule is CCCNC(=O)OCC(COC(=O)NCCC)(COC(O)NCCC)COC(O)NCCC. The normalized spacial score (nSPS) is 13.3. The predicted octanol–water partition coefficient (Wildman–Crippen LogP) is 0.829. The van der Waals surface area contributed by atoms with Crippen LogP contribution in [0.2, 0.25) is 0 Å². The molecule has 0 fully saturated rings. The van der Waals surface area contributed by atoms with E-state index < -0.39 is 30.4 Å². The third-order valence-electron chi connectivity index (χ3n) is 4.29. The number of nitrogens with one attached hydrogen (secondary N) is 4. The standard InChI is InChI=1S/C21H44N4O8/c1-5-9-22-17(26)30-13-21(14-31-18(27)23-10-6-2,15-32-19(28)24-11-7-3)16-33-20(29)25-12-8-4/h17-18,22-23,26-27H,5-16H2,1-4H3,(H,24,28)(H,25,29). The molecule has 12 heteroatoms. The highest BCUT2D eigenvalue weighted by atomic mass is 16.6. The largest absolute Gasteiger partial charge is 0.449 e. The van der Waals surface area contributed by atoms with Crippen molar-refractivity contribution >= 4 is 12.2 Å². The first kappa shape index (κ1) is 31.3. The number of amides is 2. The van der Waals surface area contributed by atoms with Crippen LogP contribution in [-0.4, -0.2) is 87.8 Å². The van der Waals surface area contributed by atoms with Crippen molar-refractivity contribution in [1.82, 2.24) is 21.3 Å². The molecule has 0 aliphatic rings. The van der Waals surface area contributed by atoms with Gasteiger partial charge in [-0.05, 0) is 38.8 Å². The van der Waals surface area contributed by atoms with Crippen LogP contribution in [-0.2, 0) is 18.9 Å². The first-order valence-electron chi connectivity index (χ1n) is 11.7. The van der Waals surface area contributed by atoms with Crippen molar-refractivity contribution in [2.45, 2.75) is 66.2 Å². The summed E-state index contributed by atoms with van der Waals surface area (Å²) in [6.45, 7) is 8.75. The molecule has 0 radical (unpaired) electrons. The van der Waals surface area contributed by atoms with Crippen molar-refractivity contribution in [3.05, 3.63) is 0 Å². The number of alkyl carbamates (subject to hydrolysis) is 2. The molecule has 196 valence electrons. The van der Waals surface area contributed by atoms with Crippen molar-refractivity contribution in [3.8, 4) is 0 Å². The molecule has 0 saturated carbocycles. The Morgan fingerprint density at radius 3 is 1.36 bits per heavy atom. The summed E-state index contributed by atoms with van der Waals surface area (Å²) < 4.78 is 21.6. The lowest BCUT2D eigenvalue weighted by Gasteiger charge is -2.33. The average Bonchev–Trinajstić information content (AvgIpc) is 2.82. The first-order chi connectivity index (χ1) is 15.8. The van der Waals surface area contributed by atoms with Crippen molar-refractivity contribution in [2.75, 3.05) is 52.6 Å². The Morgan fingerprint density at radius 1 is 0.667 bits per heavy atom. The molecule has 6 N–H and O–H groups in total. The number of rotatable bonds is 20. The van der Waals surface area contributed by atoms with E-state index in [0.717, 1.165) is 25.7 Å². The Hall–Kier alpha value is -1.70. The monoisotopic (exact) mass is 480 g/mol. The quantitative estimate of drug-likeness (QED) is 0.138. The van der Waals surface area contributed by atoms with Crippen LogP contribution in [0.3, 0.4) is 0 Å². The van der Waals surface area contributed by atoms with Crippen LogP contribution in [0.1, 0.15) is 53.4 Å². The summed E-state index contributed by atoms with van der Waals surface area (Å²) in [6.07, 6.45) is -0.825. The molecule has 0 saturated heterocycles. The molecule has 0 bridgehead atoms. The van der Waals surface area contributed by atoms with Crippen molar-refractivity contribution < 1.29 is 38.7 Å². The van der Waals surface area contributed by atoms with Crippen molar-refractivity contribution in [1.29, 1.82) is 0 Å². The minimum absolute atomic E-state index is 0.187. The van der Waals surface area contributed by atoms with Gasteiger partial charge in [-0.25, -0.2) is 9.59 Å². The second kappa shape index (κ2) is 19.7. The maximum atomic E-state index is 12.0. The number of hydrogen-bond acceptors (Lipinski definition) is 10. The molecule has 0 rings (SSSR count). The number of carbonyl (C=O) groups excluding carboxylic acids is 2. The predicted molar refractivity (Wildman–Crippen MR) is 122 cm³/mol. The summed E-state index contributed by atoms with van der Waals surface area (Å²) in [6, 6.07) is 0. The van der Waals surface area contributed by atoms with Gasteiger partial charge in [0.25, 0.3) is 0 Å². The van der Waals surface area contributed by atoms with Gasteiger partial charge in [-0.15, -0.1) is 0 Å². The maximum Gasteiger partial charge on any atom is 0.407 e. The zero-order valence-electron chi connectivity index (χ0n) is 20.5. The van der Waals surface area contributed by atoms with Gasteiger partial charge in [-0.2, -0.15) is 0 Å². The third-order valence-corrected chi connectivity index (χ3v) is 4.29. The van der Waals surface area contributed by atoms with E-state index in [4.69, 9.17) is 18.9 Å². The van der Waals surface area contributed by atoms with Gasteiger partial charge < -0.3 is 39.8 Å². The molecule has 2 unspecified atom stereocenters. The van der Waals surface area contributed by atoms with E-state index in [0.29, 0.717) is 26.2 Å². The summed E-state index contributed by atoms with van der Waals surface area (Å²) in [4.78, 5) is 24.1. The molecule has 0 aliphatic carbocycles. The molecule has 0 aromatic carbocycles. The first-order valence-corrected chi connectivity index (χ1v) is 11.7. The van der Waals surface area contributed by atoms with Gasteiger partial charge in [0.05, 0.1) is 18.6 Å². The van der Waals surface area contributed by atoms with Gasteiger partial charge in [0, 0.05) is 13.1 Å². The number of aliphatic hydroxyl groups excluding tert-OH is 2.